The molecule has 0 radical (unpaired) electrons. The normalized spacial score (nSPS) is 11.1. The van der Waals surface area contributed by atoms with Crippen LogP contribution in [-0.4, -0.2) is 36.8 Å². The highest BCUT2D eigenvalue weighted by atomic mass is 16.3. The van der Waals surface area contributed by atoms with Gasteiger partial charge in [0.2, 0.25) is 0 Å². The average Bonchev–Trinajstić information content (AvgIpc) is 2.17. The first-order chi connectivity index (χ1) is 6.81. The molecule has 0 rings (SSSR count). The molecule has 0 heterocycles. The van der Waals surface area contributed by atoms with Gasteiger partial charge in [-0.25, -0.2) is 0 Å². The van der Waals surface area contributed by atoms with Crippen molar-refractivity contribution in [2.24, 2.45) is 0 Å². The third-order valence-corrected chi connectivity index (χ3v) is 2.63. The lowest BCUT2D eigenvalue weighted by atomic mass is 10.1. The number of hydrogen-bond acceptors (Lipinski definition) is 2. The van der Waals surface area contributed by atoms with E-state index in [-0.39, 0.29) is 6.61 Å². The molecule has 0 amide bonds. The van der Waals surface area contributed by atoms with E-state index in [2.05, 4.69) is 18.9 Å². The van der Waals surface area contributed by atoms with E-state index in [0.717, 1.165) is 13.1 Å². The van der Waals surface area contributed by atoms with Gasteiger partial charge in [-0.05, 0) is 20.0 Å². The van der Waals surface area contributed by atoms with Crippen molar-refractivity contribution in [3.8, 4) is 0 Å². The third kappa shape index (κ3) is 10.0. The second kappa shape index (κ2) is 11.0. The molecule has 0 aromatic rings. The SMILES string of the molecule is CCCCCCCCCN(C)CCO. The van der Waals surface area contributed by atoms with E-state index in [0.29, 0.717) is 0 Å². The lowest BCUT2D eigenvalue weighted by molar-refractivity contribution is 0.219. The van der Waals surface area contributed by atoms with Crippen molar-refractivity contribution in [3.63, 3.8) is 0 Å². The van der Waals surface area contributed by atoms with Crippen molar-refractivity contribution in [1.82, 2.24) is 4.90 Å². The maximum Gasteiger partial charge on any atom is 0.0558 e. The highest BCUT2D eigenvalue weighted by molar-refractivity contribution is 4.51. The van der Waals surface area contributed by atoms with Crippen LogP contribution in [0.3, 0.4) is 0 Å². The molecular formula is C12H27NO. The van der Waals surface area contributed by atoms with Crippen molar-refractivity contribution < 1.29 is 5.11 Å². The van der Waals surface area contributed by atoms with Gasteiger partial charge in [-0.2, -0.15) is 0 Å². The zero-order valence-corrected chi connectivity index (χ0v) is 9.97. The van der Waals surface area contributed by atoms with Gasteiger partial charge in [0.25, 0.3) is 0 Å². The molecule has 1 N–H and O–H groups in total. The number of aliphatic hydroxyl groups is 1. The molecule has 0 bridgehead atoms. The van der Waals surface area contributed by atoms with Gasteiger partial charge >= 0.3 is 0 Å². The Balaban J connectivity index is 2.98. The Kier molecular flexibility index (Phi) is 10.9. The van der Waals surface area contributed by atoms with Gasteiger partial charge in [0.1, 0.15) is 0 Å². The monoisotopic (exact) mass is 201 g/mol. The van der Waals surface area contributed by atoms with Gasteiger partial charge in [-0.15, -0.1) is 0 Å². The fraction of sp³-hybridized carbons (Fsp3) is 1.00. The number of rotatable bonds is 10. The van der Waals surface area contributed by atoms with Crippen LogP contribution in [0, 0.1) is 0 Å². The van der Waals surface area contributed by atoms with Gasteiger partial charge in [-0.1, -0.05) is 45.4 Å². The molecule has 2 nitrogen and oxygen atoms in total. The summed E-state index contributed by atoms with van der Waals surface area (Å²) < 4.78 is 0. The fourth-order valence-electron chi connectivity index (χ4n) is 1.62. The maximum atomic E-state index is 8.69. The largest absolute Gasteiger partial charge is 0.395 e. The van der Waals surface area contributed by atoms with Crippen molar-refractivity contribution in [1.29, 1.82) is 0 Å². The average molecular weight is 201 g/mol. The van der Waals surface area contributed by atoms with E-state index in [4.69, 9.17) is 5.11 Å². The topological polar surface area (TPSA) is 23.5 Å². The summed E-state index contributed by atoms with van der Waals surface area (Å²) in [6, 6.07) is 0. The summed E-state index contributed by atoms with van der Waals surface area (Å²) in [4.78, 5) is 2.20. The molecule has 14 heavy (non-hydrogen) atoms. The van der Waals surface area contributed by atoms with Gasteiger partial charge in [0.15, 0.2) is 0 Å². The molecule has 0 aliphatic rings. The van der Waals surface area contributed by atoms with Gasteiger partial charge < -0.3 is 10.0 Å². The number of aliphatic hydroxyl groups excluding tert-OH is 1. The molecule has 0 fully saturated rings. The Hall–Kier alpha value is -0.0800. The Morgan fingerprint density at radius 2 is 1.43 bits per heavy atom. The minimum Gasteiger partial charge on any atom is -0.395 e. The molecule has 0 spiro atoms. The summed E-state index contributed by atoms with van der Waals surface area (Å²) in [5.74, 6) is 0. The van der Waals surface area contributed by atoms with Crippen LogP contribution in [0.25, 0.3) is 0 Å². The van der Waals surface area contributed by atoms with Crippen LogP contribution in [0.4, 0.5) is 0 Å². The van der Waals surface area contributed by atoms with E-state index >= 15 is 0 Å². The van der Waals surface area contributed by atoms with Crippen molar-refractivity contribution in [2.75, 3.05) is 26.7 Å². The molecule has 0 aromatic carbocycles. The van der Waals surface area contributed by atoms with Crippen molar-refractivity contribution in [2.45, 2.75) is 51.9 Å². The number of unbranched alkanes of at least 4 members (excludes halogenated alkanes) is 6. The van der Waals surface area contributed by atoms with Crippen molar-refractivity contribution >= 4 is 0 Å². The summed E-state index contributed by atoms with van der Waals surface area (Å²) in [6.07, 6.45) is 9.54. The van der Waals surface area contributed by atoms with Gasteiger partial charge in [-0.3, -0.25) is 0 Å². The lowest BCUT2D eigenvalue weighted by Crippen LogP contribution is -2.23. The standard InChI is InChI=1S/C12H27NO/c1-3-4-5-6-7-8-9-10-13(2)11-12-14/h14H,3-12H2,1-2H3. The predicted octanol–water partition coefficient (Wildman–Crippen LogP) is 2.66. The number of hydrogen-bond donors (Lipinski definition) is 1. The molecule has 0 saturated heterocycles. The highest BCUT2D eigenvalue weighted by Gasteiger charge is 1.96. The molecule has 0 saturated carbocycles. The molecule has 0 aliphatic carbocycles. The Labute approximate surface area is 89.3 Å². The van der Waals surface area contributed by atoms with E-state index < -0.39 is 0 Å². The zero-order chi connectivity index (χ0) is 10.6. The smallest absolute Gasteiger partial charge is 0.0558 e. The quantitative estimate of drug-likeness (QED) is 0.549. The van der Waals surface area contributed by atoms with Crippen molar-refractivity contribution in [3.05, 3.63) is 0 Å². The second-order valence-corrected chi connectivity index (χ2v) is 4.15. The second-order valence-electron chi connectivity index (χ2n) is 4.15. The first-order valence-electron chi connectivity index (χ1n) is 6.10. The van der Waals surface area contributed by atoms with Crippen LogP contribution in [0.2, 0.25) is 0 Å². The summed E-state index contributed by atoms with van der Waals surface area (Å²) >= 11 is 0. The summed E-state index contributed by atoms with van der Waals surface area (Å²) in [5.41, 5.74) is 0. The maximum absolute atomic E-state index is 8.69. The van der Waals surface area contributed by atoms with Crippen LogP contribution in [0.5, 0.6) is 0 Å². The minimum atomic E-state index is 0.285. The summed E-state index contributed by atoms with van der Waals surface area (Å²) in [7, 11) is 2.08. The van der Waals surface area contributed by atoms with E-state index in [1.165, 1.54) is 44.9 Å². The molecule has 0 unspecified atom stereocenters. The Bertz CT molecular complexity index is 106. The Morgan fingerprint density at radius 1 is 0.857 bits per heavy atom. The third-order valence-electron chi connectivity index (χ3n) is 2.63. The molecule has 0 atom stereocenters. The van der Waals surface area contributed by atoms with Crippen LogP contribution in [0.1, 0.15) is 51.9 Å². The summed E-state index contributed by atoms with van der Waals surface area (Å²) in [6.45, 7) is 4.49. The molecule has 2 heteroatoms. The molecule has 0 aliphatic heterocycles. The minimum absolute atomic E-state index is 0.285. The highest BCUT2D eigenvalue weighted by Crippen LogP contribution is 2.06. The molecule has 0 aromatic heterocycles. The van der Waals surface area contributed by atoms with Crippen LogP contribution in [-0.2, 0) is 0 Å². The van der Waals surface area contributed by atoms with E-state index in [1.807, 2.05) is 0 Å². The van der Waals surface area contributed by atoms with Gasteiger partial charge in [0.05, 0.1) is 6.61 Å². The fourth-order valence-corrected chi connectivity index (χ4v) is 1.62. The van der Waals surface area contributed by atoms with E-state index in [9.17, 15) is 0 Å². The predicted molar refractivity (Wildman–Crippen MR) is 62.6 cm³/mol. The zero-order valence-electron chi connectivity index (χ0n) is 9.97. The lowest BCUT2D eigenvalue weighted by Gasteiger charge is -2.14. The first-order valence-corrected chi connectivity index (χ1v) is 6.10. The Morgan fingerprint density at radius 3 is 2.00 bits per heavy atom. The number of likely N-dealkylation sites (N-methyl/N-ethyl adjacent to an activating group) is 1. The van der Waals surface area contributed by atoms with E-state index in [1.54, 1.807) is 0 Å². The molecular weight excluding hydrogens is 174 g/mol. The van der Waals surface area contributed by atoms with Crippen LogP contribution in [0.15, 0.2) is 0 Å². The van der Waals surface area contributed by atoms with Crippen LogP contribution >= 0.6 is 0 Å². The molecule has 86 valence electrons. The van der Waals surface area contributed by atoms with Crippen LogP contribution < -0.4 is 0 Å². The van der Waals surface area contributed by atoms with Gasteiger partial charge in [0, 0.05) is 6.54 Å². The number of nitrogens with zero attached hydrogens (tertiary/aromatic N) is 1. The summed E-state index contributed by atoms with van der Waals surface area (Å²) in [5, 5.41) is 8.69. The first kappa shape index (κ1) is 13.9.